The van der Waals surface area contributed by atoms with Gasteiger partial charge in [-0.15, -0.1) is 0 Å². The Labute approximate surface area is 161 Å². The first-order valence-electron chi connectivity index (χ1n) is 7.45. The number of hydrogen-bond donors (Lipinski definition) is 2. The monoisotopic (exact) mass is 478 g/mol. The minimum Gasteiger partial charge on any atom is -0.790 e. The van der Waals surface area contributed by atoms with E-state index in [4.69, 9.17) is 4.74 Å². The largest absolute Gasteiger partial charge is 0.790 e. The number of nitrogens with zero attached hydrogens (tertiary/aromatic N) is 1. The maximum atomic E-state index is 11.8. The molecule has 16 nitrogen and oxygen atoms in total. The summed E-state index contributed by atoms with van der Waals surface area (Å²) in [7, 11) is -18.0. The molecule has 1 fully saturated rings. The maximum Gasteiger partial charge on any atom is 0.330 e. The van der Waals surface area contributed by atoms with Crippen LogP contribution in [0.25, 0.3) is 0 Å². The number of nitrogens with one attached hydrogen (secondary N) is 1. The van der Waals surface area contributed by atoms with E-state index in [2.05, 4.69) is 13.1 Å². The number of aryl methyl sites for hydroxylation is 1. The fraction of sp³-hybridized carbons (Fsp3) is 0.600. The van der Waals surface area contributed by atoms with Gasteiger partial charge in [0.1, 0.15) is 12.3 Å². The lowest BCUT2D eigenvalue weighted by Crippen LogP contribution is -2.33. The molecule has 0 saturated carbocycles. The van der Waals surface area contributed by atoms with Crippen LogP contribution in [-0.4, -0.2) is 33.5 Å². The molecule has 0 spiro atoms. The molecule has 0 aliphatic carbocycles. The Kier molecular flexibility index (Phi) is 7.23. The van der Waals surface area contributed by atoms with Crippen LogP contribution in [0.2, 0.25) is 0 Å². The summed E-state index contributed by atoms with van der Waals surface area (Å²) in [6.07, 6.45) is -2.95. The Bertz CT molecular complexity index is 1010. The molecule has 1 aliphatic heterocycles. The molecule has 5 unspecified atom stereocenters. The molecule has 1 aromatic heterocycles. The number of aliphatic hydroxyl groups is 1. The average molecular weight is 478 g/mol. The number of H-pyrrole nitrogens is 1. The predicted octanol–water partition coefficient (Wildman–Crippen LogP) is -3.69. The number of aromatic nitrogens is 2. The van der Waals surface area contributed by atoms with Gasteiger partial charge in [-0.3, -0.25) is 27.8 Å². The molecule has 29 heavy (non-hydrogen) atoms. The van der Waals surface area contributed by atoms with Gasteiger partial charge in [-0.25, -0.2) is 9.11 Å². The first-order valence-corrected chi connectivity index (χ1v) is 11.8. The Morgan fingerprint density at radius 3 is 2.41 bits per heavy atom. The molecule has 0 amide bonds. The number of rotatable bonds is 8. The van der Waals surface area contributed by atoms with Crippen LogP contribution >= 0.6 is 23.5 Å². The Morgan fingerprint density at radius 2 is 1.83 bits per heavy atom. The van der Waals surface area contributed by atoms with Gasteiger partial charge in [-0.2, -0.15) is 0 Å². The minimum atomic E-state index is -6.12. The van der Waals surface area contributed by atoms with Gasteiger partial charge < -0.3 is 38.5 Å². The van der Waals surface area contributed by atoms with Crippen LogP contribution in [0, 0.1) is 6.92 Å². The van der Waals surface area contributed by atoms with Crippen LogP contribution in [0.4, 0.5) is 0 Å². The number of ether oxygens (including phenoxy) is 1. The smallest absolute Gasteiger partial charge is 0.330 e. The fourth-order valence-electron chi connectivity index (χ4n) is 2.28. The van der Waals surface area contributed by atoms with E-state index >= 15 is 0 Å². The van der Waals surface area contributed by atoms with Crippen LogP contribution in [0.3, 0.4) is 0 Å². The molecular weight excluding hydrogens is 465 g/mol. The van der Waals surface area contributed by atoms with Gasteiger partial charge in [0, 0.05) is 18.2 Å². The van der Waals surface area contributed by atoms with Crippen molar-refractivity contribution < 1.29 is 56.3 Å². The van der Waals surface area contributed by atoms with E-state index in [-0.39, 0.29) is 12.0 Å². The summed E-state index contributed by atoms with van der Waals surface area (Å²) in [5.41, 5.74) is -1.35. The SMILES string of the molecule is Cc1cn(C2CC(O)C(COP(=O)([O-])OP(=O)([O-])OP(=O)([O-])[O-])O2)c(=O)[nH]c1=O. The first-order chi connectivity index (χ1) is 13.1. The lowest BCUT2D eigenvalue weighted by atomic mass is 10.2. The second kappa shape index (κ2) is 8.63. The fourth-order valence-corrected chi connectivity index (χ4v) is 5.15. The van der Waals surface area contributed by atoms with Crippen molar-refractivity contribution in [2.24, 2.45) is 0 Å². The third-order valence-electron chi connectivity index (χ3n) is 3.46. The number of phosphoric ester groups is 1. The van der Waals surface area contributed by atoms with Crippen molar-refractivity contribution in [2.75, 3.05) is 6.61 Å². The van der Waals surface area contributed by atoms with Gasteiger partial charge in [0.05, 0.1) is 20.5 Å². The van der Waals surface area contributed by atoms with Gasteiger partial charge in [0.15, 0.2) is 0 Å². The van der Waals surface area contributed by atoms with Crippen molar-refractivity contribution in [3.63, 3.8) is 0 Å². The lowest BCUT2D eigenvalue weighted by Gasteiger charge is -2.37. The molecule has 166 valence electrons. The zero-order valence-electron chi connectivity index (χ0n) is 14.3. The Balaban J connectivity index is 2.03. The second-order valence-corrected chi connectivity index (χ2v) is 9.96. The van der Waals surface area contributed by atoms with E-state index in [1.54, 1.807) is 0 Å². The average Bonchev–Trinajstić information content (AvgIpc) is 2.86. The summed E-state index contributed by atoms with van der Waals surface area (Å²) in [5.74, 6) is 0. The van der Waals surface area contributed by atoms with Crippen LogP contribution < -0.4 is 30.8 Å². The normalized spacial score (nSPS) is 26.8. The number of aromatic amines is 1. The highest BCUT2D eigenvalue weighted by Crippen LogP contribution is 2.60. The molecule has 2 rings (SSSR count). The highest BCUT2D eigenvalue weighted by Gasteiger charge is 2.37. The third-order valence-corrected chi connectivity index (χ3v) is 7.12. The summed E-state index contributed by atoms with van der Waals surface area (Å²) in [5, 5.41) is 9.93. The van der Waals surface area contributed by atoms with E-state index in [9.17, 15) is 48.0 Å². The van der Waals surface area contributed by atoms with Crippen molar-refractivity contribution >= 4 is 23.5 Å². The van der Waals surface area contributed by atoms with Crippen LogP contribution in [0.15, 0.2) is 15.8 Å². The van der Waals surface area contributed by atoms with Gasteiger partial charge >= 0.3 is 5.69 Å². The number of aliphatic hydroxyl groups excluding tert-OH is 1. The van der Waals surface area contributed by atoms with Crippen molar-refractivity contribution in [3.05, 3.63) is 32.6 Å². The van der Waals surface area contributed by atoms with Crippen molar-refractivity contribution in [3.8, 4) is 0 Å². The molecule has 2 N–H and O–H groups in total. The molecule has 1 aromatic rings. The standard InChI is InChI=1S/C10H17N2O14P3/c1-5-3-12(10(15)11-9(5)14)8-2-6(13)7(24-8)4-23-28(19,20)26-29(21,22)25-27(16,17)18/h3,6-8,13H,2,4H2,1H3,(H,19,20)(H,21,22)(H,11,14,15)(H2,16,17,18)/p-4. The summed E-state index contributed by atoms with van der Waals surface area (Å²) >= 11 is 0. The summed E-state index contributed by atoms with van der Waals surface area (Å²) < 4.78 is 49.6. The molecular formula is C10H13N2O14P3-4. The van der Waals surface area contributed by atoms with Gasteiger partial charge in [-0.05, 0) is 6.92 Å². The molecule has 1 aliphatic rings. The zero-order chi connectivity index (χ0) is 22.2. The van der Waals surface area contributed by atoms with E-state index in [0.717, 1.165) is 10.8 Å². The minimum absolute atomic E-state index is 0.153. The highest BCUT2D eigenvalue weighted by molar-refractivity contribution is 7.64. The topological polar surface area (TPSA) is 255 Å². The van der Waals surface area contributed by atoms with Crippen molar-refractivity contribution in [2.45, 2.75) is 31.8 Å². The number of hydrogen-bond acceptors (Lipinski definition) is 14. The van der Waals surface area contributed by atoms with Gasteiger partial charge in [0.25, 0.3) is 21.2 Å². The first kappa shape index (κ1) is 24.3. The van der Waals surface area contributed by atoms with Gasteiger partial charge in [0.2, 0.25) is 0 Å². The van der Waals surface area contributed by atoms with Gasteiger partial charge in [-0.1, -0.05) is 0 Å². The van der Waals surface area contributed by atoms with E-state index in [0.29, 0.717) is 0 Å². The molecule has 0 aromatic carbocycles. The van der Waals surface area contributed by atoms with Crippen LogP contribution in [0.5, 0.6) is 0 Å². The van der Waals surface area contributed by atoms with E-state index < -0.39 is 59.8 Å². The van der Waals surface area contributed by atoms with Crippen LogP contribution in [0.1, 0.15) is 18.2 Å². The van der Waals surface area contributed by atoms with Crippen molar-refractivity contribution in [1.82, 2.24) is 9.55 Å². The summed E-state index contributed by atoms with van der Waals surface area (Å²) in [6, 6.07) is 0. The third kappa shape index (κ3) is 7.03. The summed E-state index contributed by atoms with van der Waals surface area (Å²) in [4.78, 5) is 68.3. The molecule has 19 heteroatoms. The molecule has 0 radical (unpaired) electrons. The number of phosphoric acid groups is 3. The second-order valence-electron chi connectivity index (χ2n) is 5.71. The highest BCUT2D eigenvalue weighted by atomic mass is 31.3. The maximum absolute atomic E-state index is 11.8. The quantitative estimate of drug-likeness (QED) is 0.341. The Hall–Kier alpha value is -0.990. The van der Waals surface area contributed by atoms with E-state index in [1.165, 1.54) is 6.92 Å². The molecule has 5 atom stereocenters. The van der Waals surface area contributed by atoms with Crippen LogP contribution in [-0.2, 0) is 31.6 Å². The molecule has 2 heterocycles. The molecule has 1 saturated heterocycles. The zero-order valence-corrected chi connectivity index (χ0v) is 17.0. The van der Waals surface area contributed by atoms with Crippen molar-refractivity contribution in [1.29, 1.82) is 0 Å². The summed E-state index contributed by atoms with van der Waals surface area (Å²) in [6.45, 7) is 0.402. The van der Waals surface area contributed by atoms with E-state index in [1.807, 2.05) is 4.98 Å². The lowest BCUT2D eigenvalue weighted by molar-refractivity contribution is -0.339. The Morgan fingerprint density at radius 1 is 1.21 bits per heavy atom. The molecule has 0 bridgehead atoms. The predicted molar refractivity (Wildman–Crippen MR) is 81.5 cm³/mol.